The first kappa shape index (κ1) is 16.4. The van der Waals surface area contributed by atoms with Gasteiger partial charge in [0.2, 0.25) is 0 Å². The normalized spacial score (nSPS) is 10.1. The molecule has 2 N–H and O–H groups in total. The van der Waals surface area contributed by atoms with Gasteiger partial charge < -0.3 is 15.4 Å². The van der Waals surface area contributed by atoms with E-state index in [1.54, 1.807) is 30.6 Å². The molecule has 0 aliphatic heterocycles. The Hall–Kier alpha value is -3.41. The van der Waals surface area contributed by atoms with E-state index in [9.17, 15) is 4.79 Å². The van der Waals surface area contributed by atoms with Crippen LogP contribution in [0.1, 0.15) is 17.3 Å². The zero-order valence-electron chi connectivity index (χ0n) is 13.8. The fourth-order valence-electron chi connectivity index (χ4n) is 2.23. The lowest BCUT2D eigenvalue weighted by molar-refractivity contribution is 0.102. The topological polar surface area (TPSA) is 76.1 Å². The van der Waals surface area contributed by atoms with Crippen LogP contribution in [0.2, 0.25) is 0 Å². The van der Waals surface area contributed by atoms with Crippen molar-refractivity contribution >= 4 is 23.1 Å². The molecule has 6 heteroatoms. The highest BCUT2D eigenvalue weighted by Crippen LogP contribution is 2.27. The van der Waals surface area contributed by atoms with Gasteiger partial charge in [-0.2, -0.15) is 0 Å². The molecule has 0 bridgehead atoms. The van der Waals surface area contributed by atoms with E-state index in [0.29, 0.717) is 18.0 Å². The summed E-state index contributed by atoms with van der Waals surface area (Å²) in [6.45, 7) is 2.54. The quantitative estimate of drug-likeness (QED) is 0.715. The van der Waals surface area contributed by atoms with Gasteiger partial charge in [0.25, 0.3) is 5.91 Å². The smallest absolute Gasteiger partial charge is 0.258 e. The van der Waals surface area contributed by atoms with E-state index in [1.807, 2.05) is 37.3 Å². The summed E-state index contributed by atoms with van der Waals surface area (Å²) >= 11 is 0. The van der Waals surface area contributed by atoms with Crippen molar-refractivity contribution in [2.75, 3.05) is 17.2 Å². The fourth-order valence-corrected chi connectivity index (χ4v) is 2.23. The van der Waals surface area contributed by atoms with Crippen LogP contribution in [0.3, 0.4) is 0 Å². The van der Waals surface area contributed by atoms with Crippen LogP contribution < -0.4 is 15.4 Å². The fraction of sp³-hybridized carbons (Fsp3) is 0.105. The van der Waals surface area contributed by atoms with E-state index < -0.39 is 0 Å². The molecule has 2 heterocycles. The molecule has 1 amide bonds. The van der Waals surface area contributed by atoms with Crippen molar-refractivity contribution in [2.45, 2.75) is 6.92 Å². The Morgan fingerprint density at radius 3 is 2.68 bits per heavy atom. The number of amides is 1. The molecule has 0 spiro atoms. The Balaban J connectivity index is 1.68. The molecular weight excluding hydrogens is 316 g/mol. The molecule has 0 saturated carbocycles. The molecule has 1 aromatic carbocycles. The number of benzene rings is 1. The van der Waals surface area contributed by atoms with Crippen molar-refractivity contribution in [3.05, 3.63) is 72.7 Å². The molecule has 25 heavy (non-hydrogen) atoms. The first-order chi connectivity index (χ1) is 12.3. The van der Waals surface area contributed by atoms with E-state index in [4.69, 9.17) is 4.74 Å². The lowest BCUT2D eigenvalue weighted by Gasteiger charge is -2.12. The number of rotatable bonds is 6. The summed E-state index contributed by atoms with van der Waals surface area (Å²) in [5.74, 6) is 0.999. The Kier molecular flexibility index (Phi) is 5.21. The number of hydrogen-bond donors (Lipinski definition) is 2. The molecule has 0 aliphatic carbocycles. The summed E-state index contributed by atoms with van der Waals surface area (Å²) in [5, 5.41) is 6.00. The van der Waals surface area contributed by atoms with Crippen LogP contribution in [0.5, 0.6) is 5.75 Å². The number of ether oxygens (including phenoxy) is 1. The number of nitrogens with one attached hydrogen (secondary N) is 2. The third kappa shape index (κ3) is 4.32. The highest BCUT2D eigenvalue weighted by atomic mass is 16.5. The van der Waals surface area contributed by atoms with Crippen LogP contribution in [0.4, 0.5) is 17.2 Å². The van der Waals surface area contributed by atoms with Crippen molar-refractivity contribution in [3.63, 3.8) is 0 Å². The molecule has 0 radical (unpaired) electrons. The number of nitrogens with zero attached hydrogens (tertiary/aromatic N) is 2. The van der Waals surface area contributed by atoms with Crippen LogP contribution in [-0.2, 0) is 0 Å². The predicted octanol–water partition coefficient (Wildman–Crippen LogP) is 3.87. The molecule has 6 nitrogen and oxygen atoms in total. The van der Waals surface area contributed by atoms with Gasteiger partial charge in [-0.05, 0) is 43.3 Å². The van der Waals surface area contributed by atoms with Gasteiger partial charge in [0.05, 0.1) is 29.7 Å². The number of anilines is 3. The molecule has 126 valence electrons. The molecule has 2 aromatic heterocycles. The molecular formula is C19H18N4O2. The number of carbonyl (C=O) groups excluding carboxylic acids is 1. The zero-order valence-corrected chi connectivity index (χ0v) is 13.8. The minimum Gasteiger partial charge on any atom is -0.492 e. The van der Waals surface area contributed by atoms with E-state index in [2.05, 4.69) is 20.6 Å². The van der Waals surface area contributed by atoms with Gasteiger partial charge >= 0.3 is 0 Å². The van der Waals surface area contributed by atoms with Crippen molar-refractivity contribution in [3.8, 4) is 5.75 Å². The van der Waals surface area contributed by atoms with Crippen LogP contribution in [0.15, 0.2) is 67.1 Å². The lowest BCUT2D eigenvalue weighted by Crippen LogP contribution is -2.13. The van der Waals surface area contributed by atoms with Crippen molar-refractivity contribution < 1.29 is 9.53 Å². The molecule has 3 rings (SSSR count). The summed E-state index contributed by atoms with van der Waals surface area (Å²) in [6, 6.07) is 14.7. The standard InChI is InChI=1S/C19H18N4O2/c1-2-25-17-8-4-3-7-16(17)22-15-9-10-18(21-13-15)23-19(24)14-6-5-11-20-12-14/h3-13,22H,2H2,1H3,(H,21,23,24). The maximum atomic E-state index is 12.1. The van der Waals surface area contributed by atoms with Crippen LogP contribution in [0.25, 0.3) is 0 Å². The largest absolute Gasteiger partial charge is 0.492 e. The Morgan fingerprint density at radius 1 is 1.08 bits per heavy atom. The van der Waals surface area contributed by atoms with Gasteiger partial charge in [0.1, 0.15) is 11.6 Å². The number of carbonyl (C=O) groups is 1. The van der Waals surface area contributed by atoms with Gasteiger partial charge in [-0.1, -0.05) is 12.1 Å². The number of pyridine rings is 2. The number of hydrogen-bond acceptors (Lipinski definition) is 5. The Morgan fingerprint density at radius 2 is 1.96 bits per heavy atom. The summed E-state index contributed by atoms with van der Waals surface area (Å²) in [6.07, 6.45) is 4.78. The van der Waals surface area contributed by atoms with Crippen molar-refractivity contribution in [2.24, 2.45) is 0 Å². The number of para-hydroxylation sites is 2. The Bertz CT molecular complexity index is 836. The van der Waals surface area contributed by atoms with E-state index in [0.717, 1.165) is 17.1 Å². The monoisotopic (exact) mass is 334 g/mol. The highest BCUT2D eigenvalue weighted by molar-refractivity contribution is 6.03. The SMILES string of the molecule is CCOc1ccccc1Nc1ccc(NC(=O)c2cccnc2)nc1. The molecule has 0 saturated heterocycles. The summed E-state index contributed by atoms with van der Waals surface area (Å²) < 4.78 is 5.59. The first-order valence-corrected chi connectivity index (χ1v) is 7.92. The predicted molar refractivity (Wildman–Crippen MR) is 97.3 cm³/mol. The minimum atomic E-state index is -0.247. The first-order valence-electron chi connectivity index (χ1n) is 7.92. The van der Waals surface area contributed by atoms with Crippen molar-refractivity contribution in [1.82, 2.24) is 9.97 Å². The van der Waals surface area contributed by atoms with Gasteiger partial charge in [-0.15, -0.1) is 0 Å². The summed E-state index contributed by atoms with van der Waals surface area (Å²) in [4.78, 5) is 20.3. The lowest BCUT2D eigenvalue weighted by atomic mass is 10.2. The third-order valence-corrected chi connectivity index (χ3v) is 3.39. The minimum absolute atomic E-state index is 0.247. The van der Waals surface area contributed by atoms with Gasteiger partial charge in [-0.3, -0.25) is 9.78 Å². The van der Waals surface area contributed by atoms with Crippen LogP contribution in [-0.4, -0.2) is 22.5 Å². The second-order valence-electron chi connectivity index (χ2n) is 5.18. The molecule has 0 aliphatic rings. The maximum absolute atomic E-state index is 12.1. The van der Waals surface area contributed by atoms with E-state index in [1.165, 1.54) is 6.20 Å². The van der Waals surface area contributed by atoms with Crippen molar-refractivity contribution in [1.29, 1.82) is 0 Å². The zero-order chi connectivity index (χ0) is 17.5. The van der Waals surface area contributed by atoms with Crippen LogP contribution in [0, 0.1) is 0 Å². The second kappa shape index (κ2) is 7.92. The van der Waals surface area contributed by atoms with Gasteiger partial charge in [0.15, 0.2) is 0 Å². The average molecular weight is 334 g/mol. The number of aromatic nitrogens is 2. The van der Waals surface area contributed by atoms with E-state index >= 15 is 0 Å². The second-order valence-corrected chi connectivity index (χ2v) is 5.18. The third-order valence-electron chi connectivity index (χ3n) is 3.39. The molecule has 3 aromatic rings. The van der Waals surface area contributed by atoms with Crippen LogP contribution >= 0.6 is 0 Å². The summed E-state index contributed by atoms with van der Waals surface area (Å²) in [5.41, 5.74) is 2.14. The van der Waals surface area contributed by atoms with Gasteiger partial charge in [-0.25, -0.2) is 4.98 Å². The van der Waals surface area contributed by atoms with E-state index in [-0.39, 0.29) is 5.91 Å². The molecule has 0 fully saturated rings. The Labute approximate surface area is 145 Å². The van der Waals surface area contributed by atoms with Gasteiger partial charge in [0, 0.05) is 12.4 Å². The highest BCUT2D eigenvalue weighted by Gasteiger charge is 2.07. The summed E-state index contributed by atoms with van der Waals surface area (Å²) in [7, 11) is 0. The molecule has 0 unspecified atom stereocenters. The molecule has 0 atom stereocenters. The average Bonchev–Trinajstić information content (AvgIpc) is 2.66. The maximum Gasteiger partial charge on any atom is 0.258 e.